The van der Waals surface area contributed by atoms with Crippen LogP contribution in [0.4, 0.5) is 8.78 Å². The normalized spacial score (nSPS) is 11.6. The highest BCUT2D eigenvalue weighted by Crippen LogP contribution is 2.30. The molecule has 0 atom stereocenters. The molecule has 5 aromatic rings. The van der Waals surface area contributed by atoms with Crippen LogP contribution in [0.25, 0.3) is 33.1 Å². The predicted molar refractivity (Wildman–Crippen MR) is 107 cm³/mol. The fourth-order valence-corrected chi connectivity index (χ4v) is 4.02. The van der Waals surface area contributed by atoms with E-state index >= 15 is 0 Å². The monoisotopic (exact) mass is 441 g/mol. The molecule has 0 spiro atoms. The van der Waals surface area contributed by atoms with Crippen LogP contribution < -0.4 is 0 Å². The Kier molecular flexibility index (Phi) is 4.62. The lowest BCUT2D eigenvalue weighted by Gasteiger charge is -1.98. The molecule has 0 fully saturated rings. The highest BCUT2D eigenvalue weighted by Gasteiger charge is 2.18. The number of carbonyl (C=O) groups is 1. The number of thiophene rings is 1. The summed E-state index contributed by atoms with van der Waals surface area (Å²) in [6.45, 7) is 1.93. The van der Waals surface area contributed by atoms with Gasteiger partial charge in [0.1, 0.15) is 11.3 Å². The van der Waals surface area contributed by atoms with Gasteiger partial charge in [-0.15, -0.1) is 26.6 Å². The molecule has 0 radical (unpaired) electrons. The van der Waals surface area contributed by atoms with E-state index in [1.807, 2.05) is 12.1 Å². The average molecular weight is 441 g/mol. The topological polar surface area (TPSA) is 115 Å². The maximum atomic E-state index is 12.6. The van der Waals surface area contributed by atoms with E-state index in [0.29, 0.717) is 28.3 Å². The minimum absolute atomic E-state index is 0.0516. The molecule has 0 saturated heterocycles. The van der Waals surface area contributed by atoms with Crippen LogP contribution in [0.1, 0.15) is 34.5 Å². The van der Waals surface area contributed by atoms with Gasteiger partial charge in [0.2, 0.25) is 0 Å². The lowest BCUT2D eigenvalue weighted by atomic mass is 10.1. The number of pyridine rings is 1. The van der Waals surface area contributed by atoms with Gasteiger partial charge in [-0.25, -0.2) is 9.67 Å². The molecule has 0 unspecified atom stereocenters. The number of Topliss-reactive ketones (excluding diaryl/α,β-unsaturated/α-hetero) is 1. The van der Waals surface area contributed by atoms with Gasteiger partial charge in [0.25, 0.3) is 11.8 Å². The van der Waals surface area contributed by atoms with Crippen molar-refractivity contribution in [1.82, 2.24) is 35.2 Å². The number of H-pyrrole nitrogens is 1. The minimum atomic E-state index is -2.80. The quantitative estimate of drug-likeness (QED) is 0.394. The first-order chi connectivity index (χ1) is 15.0. The van der Waals surface area contributed by atoms with Crippen molar-refractivity contribution in [3.63, 3.8) is 0 Å². The second-order valence-corrected chi connectivity index (χ2v) is 7.86. The fraction of sp³-hybridized carbons (Fsp3) is 0.158. The Morgan fingerprint density at radius 1 is 1.29 bits per heavy atom. The average Bonchev–Trinajstić information content (AvgIpc) is 3.52. The third-order valence-corrected chi connectivity index (χ3v) is 5.62. The van der Waals surface area contributed by atoms with Crippen molar-refractivity contribution in [2.45, 2.75) is 19.9 Å². The van der Waals surface area contributed by atoms with Crippen LogP contribution in [0.3, 0.4) is 0 Å². The Balaban J connectivity index is 1.37. The van der Waals surface area contributed by atoms with Crippen molar-refractivity contribution in [2.75, 3.05) is 0 Å². The Morgan fingerprint density at radius 3 is 2.94 bits per heavy atom. The third-order valence-electron chi connectivity index (χ3n) is 4.56. The molecule has 0 saturated carbocycles. The molecule has 1 N–H and O–H groups in total. The number of aromatic nitrogens is 7. The summed E-state index contributed by atoms with van der Waals surface area (Å²) >= 11 is 1.34. The number of nitrogens with zero attached hydrogens (tertiary/aromatic N) is 6. The Labute approximate surface area is 176 Å². The molecule has 0 aromatic carbocycles. The van der Waals surface area contributed by atoms with Gasteiger partial charge < -0.3 is 9.40 Å². The zero-order valence-corrected chi connectivity index (χ0v) is 16.7. The Morgan fingerprint density at radius 2 is 2.16 bits per heavy atom. The summed E-state index contributed by atoms with van der Waals surface area (Å²) in [7, 11) is 0. The highest BCUT2D eigenvalue weighted by molar-refractivity contribution is 7.15. The Hall–Kier alpha value is -3.80. The lowest BCUT2D eigenvalue weighted by molar-refractivity contribution is 0.101. The van der Waals surface area contributed by atoms with E-state index in [0.717, 1.165) is 15.8 Å². The summed E-state index contributed by atoms with van der Waals surface area (Å²) in [4.78, 5) is 20.6. The summed E-state index contributed by atoms with van der Waals surface area (Å²) in [6.07, 6.45) is 2.27. The summed E-state index contributed by atoms with van der Waals surface area (Å²) in [5, 5.41) is 16.1. The van der Waals surface area contributed by atoms with Crippen LogP contribution in [0, 0.1) is 0 Å². The number of nitrogens with one attached hydrogen (secondary N) is 1. The highest BCUT2D eigenvalue weighted by atomic mass is 32.1. The fourth-order valence-electron chi connectivity index (χ4n) is 3.10. The summed E-state index contributed by atoms with van der Waals surface area (Å²) in [5.41, 5.74) is 2.54. The molecule has 31 heavy (non-hydrogen) atoms. The number of carbonyl (C=O) groups excluding carboxylic acids is 1. The van der Waals surface area contributed by atoms with Gasteiger partial charge in [0.05, 0.1) is 17.6 Å². The van der Waals surface area contributed by atoms with Crippen LogP contribution in [0.2, 0.25) is 0 Å². The van der Waals surface area contributed by atoms with E-state index in [2.05, 4.69) is 30.5 Å². The van der Waals surface area contributed by atoms with Gasteiger partial charge in [0.15, 0.2) is 5.78 Å². The van der Waals surface area contributed by atoms with E-state index in [9.17, 15) is 13.6 Å². The number of aromatic amines is 1. The van der Waals surface area contributed by atoms with Crippen LogP contribution in [0.5, 0.6) is 0 Å². The van der Waals surface area contributed by atoms with Crippen LogP contribution in [-0.4, -0.2) is 40.9 Å². The molecule has 12 heteroatoms. The van der Waals surface area contributed by atoms with Gasteiger partial charge in [-0.1, -0.05) is 5.21 Å². The molecule has 0 aliphatic heterocycles. The second kappa shape index (κ2) is 7.47. The van der Waals surface area contributed by atoms with E-state index in [1.54, 1.807) is 29.3 Å². The molecule has 0 aliphatic rings. The van der Waals surface area contributed by atoms with Crippen molar-refractivity contribution in [3.8, 4) is 22.0 Å². The maximum Gasteiger partial charge on any atom is 0.314 e. The molecular weight excluding hydrogens is 428 g/mol. The first-order valence-corrected chi connectivity index (χ1v) is 9.89. The molecule has 5 aromatic heterocycles. The third kappa shape index (κ3) is 3.61. The smallest absolute Gasteiger partial charge is 0.314 e. The summed E-state index contributed by atoms with van der Waals surface area (Å²) < 4.78 is 31.9. The van der Waals surface area contributed by atoms with E-state index in [4.69, 9.17) is 4.42 Å². The number of alkyl halides is 2. The molecule has 5 heterocycles. The largest absolute Gasteiger partial charge is 0.414 e. The molecule has 0 amide bonds. The summed E-state index contributed by atoms with van der Waals surface area (Å²) in [6, 6.07) is 5.41. The number of fused-ring (bicyclic) bond motifs is 1. The number of hydrogen-bond donors (Lipinski definition) is 1. The van der Waals surface area contributed by atoms with Crippen molar-refractivity contribution in [3.05, 3.63) is 53.1 Å². The number of hydrogen-bond acceptors (Lipinski definition) is 8. The van der Waals surface area contributed by atoms with Crippen LogP contribution in [-0.2, 0) is 6.54 Å². The van der Waals surface area contributed by atoms with Crippen LogP contribution in [0.15, 0.2) is 41.2 Å². The SMILES string of the molecule is CC(=O)c1c[nH]c2ncc(-c3cn(Cc4ccc(-c5nnc(C(F)F)o5)s4)nn3)cc12. The van der Waals surface area contributed by atoms with Gasteiger partial charge in [-0.2, -0.15) is 8.78 Å². The summed E-state index contributed by atoms with van der Waals surface area (Å²) in [5.74, 6) is -0.700. The van der Waals surface area contributed by atoms with Gasteiger partial charge in [-0.3, -0.25) is 4.79 Å². The molecule has 0 bridgehead atoms. The van der Waals surface area contributed by atoms with Crippen molar-refractivity contribution in [2.24, 2.45) is 0 Å². The number of halogens is 2. The number of ketones is 1. The van der Waals surface area contributed by atoms with Crippen molar-refractivity contribution >= 4 is 28.2 Å². The zero-order valence-electron chi connectivity index (χ0n) is 15.9. The first kappa shape index (κ1) is 19.2. The van der Waals surface area contributed by atoms with E-state index in [1.165, 1.54) is 18.3 Å². The van der Waals surface area contributed by atoms with Crippen LogP contribution >= 0.6 is 11.3 Å². The lowest BCUT2D eigenvalue weighted by Crippen LogP contribution is -1.98. The van der Waals surface area contributed by atoms with Gasteiger partial charge in [0, 0.05) is 33.8 Å². The van der Waals surface area contributed by atoms with E-state index < -0.39 is 12.3 Å². The van der Waals surface area contributed by atoms with E-state index in [-0.39, 0.29) is 11.7 Å². The first-order valence-electron chi connectivity index (χ1n) is 9.07. The molecule has 156 valence electrons. The molecule has 9 nitrogen and oxygen atoms in total. The van der Waals surface area contributed by atoms with Crippen molar-refractivity contribution in [1.29, 1.82) is 0 Å². The standard InChI is InChI=1S/C19H13F2N7O2S/c1-9(29)13-6-23-17-12(13)4-10(5-22-17)14-8-28(27-24-14)7-11-2-3-15(31-11)18-25-26-19(30-18)16(20)21/h2-6,8,16H,7H2,1H3,(H,22,23). The molecule has 0 aliphatic carbocycles. The molecule has 5 rings (SSSR count). The zero-order chi connectivity index (χ0) is 21.5. The molecular formula is C19H13F2N7O2S. The maximum absolute atomic E-state index is 12.6. The van der Waals surface area contributed by atoms with Gasteiger partial charge in [-0.05, 0) is 25.1 Å². The minimum Gasteiger partial charge on any atom is -0.414 e. The predicted octanol–water partition coefficient (Wildman–Crippen LogP) is 4.12. The van der Waals surface area contributed by atoms with Gasteiger partial charge >= 0.3 is 6.43 Å². The number of rotatable bonds is 6. The Bertz CT molecular complexity index is 1400. The van der Waals surface area contributed by atoms with Crippen molar-refractivity contribution < 1.29 is 18.0 Å². The second-order valence-electron chi connectivity index (χ2n) is 6.69.